The third-order valence-corrected chi connectivity index (χ3v) is 11.8. The third-order valence-electron chi connectivity index (χ3n) is 11.8. The van der Waals surface area contributed by atoms with Crippen molar-refractivity contribution in [3.63, 3.8) is 0 Å². The van der Waals surface area contributed by atoms with Crippen LogP contribution in [0.2, 0.25) is 0 Å². The Labute approximate surface area is 349 Å². The average Bonchev–Trinajstić information content (AvgIpc) is 3.63. The van der Waals surface area contributed by atoms with E-state index < -0.39 is 52.8 Å². The molecule has 0 fully saturated rings. The lowest BCUT2D eigenvalue weighted by Gasteiger charge is -2.31. The molecule has 4 heterocycles. The molecule has 0 saturated carbocycles. The maximum atomic E-state index is 15.3. The van der Waals surface area contributed by atoms with Crippen molar-refractivity contribution in [3.8, 4) is 11.4 Å². The zero-order valence-corrected chi connectivity index (χ0v) is 34.0. The van der Waals surface area contributed by atoms with Crippen molar-refractivity contribution in [2.75, 3.05) is 19.6 Å². The van der Waals surface area contributed by atoms with Crippen molar-refractivity contribution in [2.45, 2.75) is 96.1 Å². The Morgan fingerprint density at radius 2 is 1.75 bits per heavy atom. The second kappa shape index (κ2) is 17.7. The first-order chi connectivity index (χ1) is 29.2. The molecule has 4 aromatic rings. The molecule has 7 N–H and O–H groups in total. The van der Waals surface area contributed by atoms with Crippen LogP contribution in [-0.2, 0) is 65.1 Å². The molecule has 61 heavy (non-hydrogen) atoms. The van der Waals surface area contributed by atoms with Crippen LogP contribution in [-0.4, -0.2) is 75.7 Å². The Kier molecular flexibility index (Phi) is 12.4. The van der Waals surface area contributed by atoms with E-state index in [1.54, 1.807) is 44.2 Å². The zero-order valence-electron chi connectivity index (χ0n) is 34.0. The number of hydrogen-bond acceptors (Lipinski definition) is 11. The number of cyclic esters (lactones) is 1. The van der Waals surface area contributed by atoms with E-state index in [1.165, 1.54) is 10.6 Å². The molecule has 2 unspecified atom stereocenters. The van der Waals surface area contributed by atoms with Gasteiger partial charge in [-0.2, -0.15) is 0 Å². The van der Waals surface area contributed by atoms with Crippen LogP contribution in [0.4, 0.5) is 4.39 Å². The molecule has 0 saturated heterocycles. The fraction of sp³-hybridized carbons (Fsp3) is 0.409. The number of nitrogens with two attached hydrogens (primary N) is 1. The molecule has 17 heteroatoms. The minimum Gasteiger partial charge on any atom is -0.458 e. The molecule has 0 spiro atoms. The van der Waals surface area contributed by atoms with E-state index >= 15 is 4.39 Å². The second-order valence-corrected chi connectivity index (χ2v) is 15.7. The number of benzene rings is 2. The predicted molar refractivity (Wildman–Crippen MR) is 219 cm³/mol. The first kappa shape index (κ1) is 42.8. The highest BCUT2D eigenvalue weighted by Gasteiger charge is 2.46. The van der Waals surface area contributed by atoms with Crippen LogP contribution in [0.5, 0.6) is 0 Å². The van der Waals surface area contributed by atoms with Crippen molar-refractivity contribution < 1.29 is 43.0 Å². The normalized spacial score (nSPS) is 17.7. The first-order valence-electron chi connectivity index (χ1n) is 20.4. The molecule has 1 aliphatic carbocycles. The van der Waals surface area contributed by atoms with E-state index in [2.05, 4.69) is 21.3 Å². The van der Waals surface area contributed by atoms with Gasteiger partial charge >= 0.3 is 5.97 Å². The summed E-state index contributed by atoms with van der Waals surface area (Å²) in [6.07, 6.45) is 2.00. The summed E-state index contributed by atoms with van der Waals surface area (Å²) in [6, 6.07) is 10.4. The molecule has 2 aromatic heterocycles. The molecule has 16 nitrogen and oxygen atoms in total. The van der Waals surface area contributed by atoms with Gasteiger partial charge in [0, 0.05) is 41.8 Å². The predicted octanol–water partition coefficient (Wildman–Crippen LogP) is 1.68. The van der Waals surface area contributed by atoms with Gasteiger partial charge in [0.05, 0.1) is 54.7 Å². The molecule has 4 amide bonds. The molecule has 0 bridgehead atoms. The summed E-state index contributed by atoms with van der Waals surface area (Å²) in [5, 5.41) is 22.7. The summed E-state index contributed by atoms with van der Waals surface area (Å²) in [5.74, 6) is -3.49. The molecule has 2 aliphatic heterocycles. The molecule has 7 rings (SSSR count). The number of ketones is 1. The number of nitrogens with zero attached hydrogens (tertiary/aromatic N) is 2. The van der Waals surface area contributed by atoms with Gasteiger partial charge in [-0.15, -0.1) is 0 Å². The smallest absolute Gasteiger partial charge is 0.343 e. The fourth-order valence-electron chi connectivity index (χ4n) is 8.53. The summed E-state index contributed by atoms with van der Waals surface area (Å²) in [7, 11) is 0. The number of amides is 4. The van der Waals surface area contributed by atoms with E-state index in [-0.39, 0.29) is 81.3 Å². The van der Waals surface area contributed by atoms with E-state index in [9.17, 15) is 38.7 Å². The number of nitrogens with one attached hydrogen (secondary N) is 4. The molecule has 2 aromatic carbocycles. The standard InChI is InChI=1S/C44H48FN7O9/c1-3-44(60)29-16-34-40-27(21-52(34)42(58)28(29)22-61-43(44)59)39-31(14-13-26-23(2)30(45)17-32(51-40)38(26)39)49-35(54)12-8-7-11-25(53)19-48-41(57)33(15-24-9-5-4-6-10-24)50-37(56)20-47-36(55)18-46/h4-6,9-10,16-17,31,33,60H,3,7-8,11-15,18-22,46H2,1-2H3,(H,47,55)(H,48,57)(H,49,54)(H,50,56)/t31?,33-,44?/m0/s1. The summed E-state index contributed by atoms with van der Waals surface area (Å²) in [5.41, 5.74) is 7.78. The number of ether oxygens (including phenoxy) is 1. The SMILES string of the molecule is CCC1(O)C(=O)OCc2c1cc1n(c2=O)Cc2c-1nc1cc(F)c(C)c3c1c2C(NC(=O)CCCCC(=O)CNC(=O)[C@H](Cc1ccccc1)NC(=O)CNC(=O)CN)CC3. The molecule has 3 atom stereocenters. The van der Waals surface area contributed by atoms with Gasteiger partial charge in [-0.3, -0.25) is 28.8 Å². The van der Waals surface area contributed by atoms with E-state index in [1.807, 2.05) is 6.07 Å². The van der Waals surface area contributed by atoms with E-state index in [4.69, 9.17) is 15.5 Å². The number of halogens is 1. The lowest BCUT2D eigenvalue weighted by Crippen LogP contribution is -2.51. The number of unbranched alkanes of at least 4 members (excludes halogenated alkanes) is 1. The van der Waals surface area contributed by atoms with Gasteiger partial charge in [-0.25, -0.2) is 14.2 Å². The van der Waals surface area contributed by atoms with Crippen molar-refractivity contribution in [2.24, 2.45) is 5.73 Å². The highest BCUT2D eigenvalue weighted by Crippen LogP contribution is 2.46. The summed E-state index contributed by atoms with van der Waals surface area (Å²) in [4.78, 5) is 94.9. The number of pyridine rings is 2. The Bertz CT molecular complexity index is 2520. The summed E-state index contributed by atoms with van der Waals surface area (Å²) in [6.45, 7) is 2.21. The maximum Gasteiger partial charge on any atom is 0.343 e. The Balaban J connectivity index is 1.00. The lowest BCUT2D eigenvalue weighted by atomic mass is 9.81. The van der Waals surface area contributed by atoms with Gasteiger partial charge in [0.25, 0.3) is 5.56 Å². The highest BCUT2D eigenvalue weighted by atomic mass is 19.1. The molecular formula is C44H48FN7O9. The Morgan fingerprint density at radius 1 is 1.00 bits per heavy atom. The molecule has 3 aliphatic rings. The van der Waals surface area contributed by atoms with Gasteiger partial charge in [0.2, 0.25) is 23.6 Å². The number of esters is 1. The van der Waals surface area contributed by atoms with Crippen LogP contribution in [0.1, 0.15) is 90.4 Å². The number of aromatic nitrogens is 2. The topological polar surface area (TPSA) is 241 Å². The van der Waals surface area contributed by atoms with Gasteiger partial charge in [0.1, 0.15) is 18.5 Å². The minimum absolute atomic E-state index is 0.0194. The summed E-state index contributed by atoms with van der Waals surface area (Å²) < 4.78 is 22.0. The van der Waals surface area contributed by atoms with Gasteiger partial charge in [0.15, 0.2) is 11.4 Å². The van der Waals surface area contributed by atoms with Crippen LogP contribution < -0.4 is 32.6 Å². The Hall–Kier alpha value is -6.33. The van der Waals surface area contributed by atoms with Gasteiger partial charge in [-0.1, -0.05) is 37.3 Å². The van der Waals surface area contributed by atoms with E-state index in [0.29, 0.717) is 53.7 Å². The number of fused-ring (bicyclic) bond motifs is 5. The number of aliphatic hydroxyl groups is 1. The third kappa shape index (κ3) is 8.52. The largest absolute Gasteiger partial charge is 0.458 e. The van der Waals surface area contributed by atoms with Crippen LogP contribution in [0.15, 0.2) is 47.3 Å². The second-order valence-electron chi connectivity index (χ2n) is 15.7. The van der Waals surface area contributed by atoms with Crippen molar-refractivity contribution >= 4 is 46.3 Å². The Morgan fingerprint density at radius 3 is 2.49 bits per heavy atom. The quantitative estimate of drug-likeness (QED) is 0.0617. The zero-order chi connectivity index (χ0) is 43.6. The molecular weight excluding hydrogens is 790 g/mol. The van der Waals surface area contributed by atoms with Crippen LogP contribution in [0.25, 0.3) is 22.3 Å². The fourth-order valence-corrected chi connectivity index (χ4v) is 8.53. The summed E-state index contributed by atoms with van der Waals surface area (Å²) >= 11 is 0. The molecule has 0 radical (unpaired) electrons. The van der Waals surface area contributed by atoms with Crippen molar-refractivity contribution in [1.29, 1.82) is 0 Å². The molecule has 320 valence electrons. The van der Waals surface area contributed by atoms with Crippen molar-refractivity contribution in [1.82, 2.24) is 30.8 Å². The number of aryl methyl sites for hydroxylation is 1. The van der Waals surface area contributed by atoms with Crippen LogP contribution >= 0.6 is 0 Å². The number of rotatable bonds is 16. The first-order valence-corrected chi connectivity index (χ1v) is 20.4. The van der Waals surface area contributed by atoms with Crippen LogP contribution in [0, 0.1) is 12.7 Å². The van der Waals surface area contributed by atoms with Gasteiger partial charge < -0.3 is 41.4 Å². The van der Waals surface area contributed by atoms with Crippen LogP contribution in [0.3, 0.4) is 0 Å². The lowest BCUT2D eigenvalue weighted by molar-refractivity contribution is -0.172. The van der Waals surface area contributed by atoms with Crippen molar-refractivity contribution in [3.05, 3.63) is 97.6 Å². The van der Waals surface area contributed by atoms with E-state index in [0.717, 1.165) is 22.1 Å². The minimum atomic E-state index is -2.01. The number of carbonyl (C=O) groups is 6. The van der Waals surface area contributed by atoms with Gasteiger partial charge in [-0.05, 0) is 67.3 Å². The number of Topliss-reactive ketones (excluding diaryl/α,β-unsaturated/α-hetero) is 1. The monoisotopic (exact) mass is 837 g/mol. The maximum absolute atomic E-state index is 15.3. The highest BCUT2D eigenvalue weighted by molar-refractivity contribution is 5.95. The average molecular weight is 838 g/mol. The number of hydrogen-bond donors (Lipinski definition) is 6. The number of carbonyl (C=O) groups excluding carboxylic acids is 6.